The van der Waals surface area contributed by atoms with Gasteiger partial charge in [0.05, 0.1) is 10.7 Å². The first kappa shape index (κ1) is 13.4. The van der Waals surface area contributed by atoms with Crippen LogP contribution in [-0.2, 0) is 0 Å². The fourth-order valence-corrected chi connectivity index (χ4v) is 2.21. The average Bonchev–Trinajstić information content (AvgIpc) is 3.07. The summed E-state index contributed by atoms with van der Waals surface area (Å²) in [7, 11) is 0. The first-order chi connectivity index (χ1) is 10.1. The second-order valence-electron chi connectivity index (χ2n) is 3.93. The monoisotopic (exact) mass is 353 g/mol. The lowest BCUT2D eigenvalue weighted by molar-refractivity contribution is 0.0946. The van der Waals surface area contributed by atoms with Gasteiger partial charge in [-0.15, -0.1) is 0 Å². The van der Waals surface area contributed by atoms with E-state index in [0.717, 1.165) is 4.47 Å². The lowest BCUT2D eigenvalue weighted by Gasteiger charge is -2.01. The highest BCUT2D eigenvalue weighted by atomic mass is 79.9. The summed E-state index contributed by atoms with van der Waals surface area (Å²) in [5.74, 6) is 0.512. The quantitative estimate of drug-likeness (QED) is 0.620. The fourth-order valence-electron chi connectivity index (χ4n) is 1.63. The molecular weight excluding hydrogens is 346 g/mol. The summed E-state index contributed by atoms with van der Waals surface area (Å²) in [6.07, 6.45) is 1.44. The molecule has 2 aromatic rings. The van der Waals surface area contributed by atoms with Crippen LogP contribution in [0.2, 0.25) is 0 Å². The number of hydrazone groups is 1. The predicted molar refractivity (Wildman–Crippen MR) is 74.0 cm³/mol. The van der Waals surface area contributed by atoms with Crippen LogP contribution in [0.1, 0.15) is 16.1 Å². The Balaban J connectivity index is 1.71. The molecule has 0 unspecified atom stereocenters. The summed E-state index contributed by atoms with van der Waals surface area (Å²) in [4.78, 5) is 11.6. The molecule has 0 radical (unpaired) electrons. The number of anilines is 1. The molecule has 3 rings (SSSR count). The third kappa shape index (κ3) is 2.65. The van der Waals surface area contributed by atoms with Crippen molar-refractivity contribution in [1.82, 2.24) is 15.7 Å². The summed E-state index contributed by atoms with van der Waals surface area (Å²) in [6, 6.07) is 3.50. The van der Waals surface area contributed by atoms with Crippen molar-refractivity contribution < 1.29 is 18.9 Å². The lowest BCUT2D eigenvalue weighted by Crippen LogP contribution is -2.19. The number of ether oxygens (including phenoxy) is 2. The van der Waals surface area contributed by atoms with Crippen LogP contribution in [0.15, 0.2) is 26.3 Å². The van der Waals surface area contributed by atoms with Crippen molar-refractivity contribution in [2.75, 3.05) is 12.5 Å². The Kier molecular flexibility index (Phi) is 3.44. The van der Waals surface area contributed by atoms with Gasteiger partial charge in [0, 0.05) is 0 Å². The number of carbonyl (C=O) groups is 1. The minimum Gasteiger partial charge on any atom is -0.454 e. The van der Waals surface area contributed by atoms with Crippen LogP contribution in [0.5, 0.6) is 11.5 Å². The Labute approximate surface area is 126 Å². The summed E-state index contributed by atoms with van der Waals surface area (Å²) in [5.41, 5.74) is 8.23. The summed E-state index contributed by atoms with van der Waals surface area (Å²) >= 11 is 3.36. The maximum atomic E-state index is 11.6. The molecule has 0 saturated heterocycles. The Bertz CT molecular complexity index is 729. The number of nitrogen functional groups attached to an aromatic ring is 1. The number of nitrogens with one attached hydrogen (secondary N) is 1. The fraction of sp³-hybridized carbons (Fsp3) is 0.0909. The smallest absolute Gasteiger partial charge is 0.297 e. The van der Waals surface area contributed by atoms with Crippen LogP contribution in [0.25, 0.3) is 0 Å². The first-order valence-electron chi connectivity index (χ1n) is 5.65. The normalized spacial score (nSPS) is 12.8. The Hall–Kier alpha value is -2.62. The number of rotatable bonds is 3. The SMILES string of the molecule is Nc1nonc1C(=O)N/N=C\c1cc(Br)c2c(c1)OCO2. The van der Waals surface area contributed by atoms with Gasteiger partial charge in [-0.1, -0.05) is 0 Å². The van der Waals surface area contributed by atoms with E-state index in [-0.39, 0.29) is 18.3 Å². The summed E-state index contributed by atoms with van der Waals surface area (Å²) in [6.45, 7) is 0.170. The number of carbonyl (C=O) groups excluding carboxylic acids is 1. The number of nitrogens with zero attached hydrogens (tertiary/aromatic N) is 3. The van der Waals surface area contributed by atoms with Gasteiger partial charge >= 0.3 is 0 Å². The van der Waals surface area contributed by atoms with Crippen LogP contribution in [0, 0.1) is 0 Å². The number of aromatic nitrogens is 2. The predicted octanol–water partition coefficient (Wildman–Crippen LogP) is 0.907. The van der Waals surface area contributed by atoms with E-state index in [2.05, 4.69) is 41.4 Å². The van der Waals surface area contributed by atoms with E-state index in [1.54, 1.807) is 12.1 Å². The molecule has 0 atom stereocenters. The third-order valence-electron chi connectivity index (χ3n) is 2.56. The van der Waals surface area contributed by atoms with Gasteiger partial charge in [0.25, 0.3) is 5.91 Å². The molecule has 0 aliphatic carbocycles. The largest absolute Gasteiger partial charge is 0.454 e. The molecule has 0 spiro atoms. The zero-order valence-corrected chi connectivity index (χ0v) is 12.0. The van der Waals surface area contributed by atoms with E-state index in [9.17, 15) is 4.79 Å². The number of amides is 1. The second kappa shape index (κ2) is 5.40. The maximum Gasteiger partial charge on any atom is 0.297 e. The van der Waals surface area contributed by atoms with Gasteiger partial charge in [-0.2, -0.15) is 5.10 Å². The van der Waals surface area contributed by atoms with Crippen molar-refractivity contribution in [1.29, 1.82) is 0 Å². The molecule has 1 aliphatic rings. The topological polar surface area (TPSA) is 125 Å². The Morgan fingerprint density at radius 1 is 1.43 bits per heavy atom. The van der Waals surface area contributed by atoms with Crippen LogP contribution < -0.4 is 20.6 Å². The summed E-state index contributed by atoms with van der Waals surface area (Å²) < 4.78 is 15.6. The van der Waals surface area contributed by atoms with E-state index in [0.29, 0.717) is 17.1 Å². The van der Waals surface area contributed by atoms with Crippen molar-refractivity contribution in [2.24, 2.45) is 5.10 Å². The highest BCUT2D eigenvalue weighted by molar-refractivity contribution is 9.10. The maximum absolute atomic E-state index is 11.6. The average molecular weight is 354 g/mol. The van der Waals surface area contributed by atoms with Crippen molar-refractivity contribution in [3.63, 3.8) is 0 Å². The van der Waals surface area contributed by atoms with Gasteiger partial charge in [-0.05, 0) is 43.9 Å². The second-order valence-corrected chi connectivity index (χ2v) is 4.79. The van der Waals surface area contributed by atoms with Crippen LogP contribution in [0.4, 0.5) is 5.82 Å². The highest BCUT2D eigenvalue weighted by Crippen LogP contribution is 2.39. The molecule has 1 aromatic heterocycles. The van der Waals surface area contributed by atoms with Gasteiger partial charge in [0.1, 0.15) is 0 Å². The van der Waals surface area contributed by atoms with E-state index in [1.807, 2.05) is 0 Å². The molecule has 1 amide bonds. The zero-order chi connectivity index (χ0) is 14.8. The van der Waals surface area contributed by atoms with Gasteiger partial charge in [0.2, 0.25) is 18.3 Å². The van der Waals surface area contributed by atoms with Gasteiger partial charge in [-0.3, -0.25) is 4.79 Å². The van der Waals surface area contributed by atoms with E-state index >= 15 is 0 Å². The van der Waals surface area contributed by atoms with Gasteiger partial charge < -0.3 is 15.2 Å². The molecule has 0 saturated carbocycles. The number of benzene rings is 1. The van der Waals surface area contributed by atoms with Crippen LogP contribution in [0.3, 0.4) is 0 Å². The molecular formula is C11H8BrN5O4. The summed E-state index contributed by atoms with van der Waals surface area (Å²) in [5, 5.41) is 10.5. The Morgan fingerprint density at radius 2 is 2.29 bits per heavy atom. The zero-order valence-electron chi connectivity index (χ0n) is 10.4. The van der Waals surface area contributed by atoms with E-state index in [1.165, 1.54) is 6.21 Å². The van der Waals surface area contributed by atoms with E-state index in [4.69, 9.17) is 15.2 Å². The molecule has 3 N–H and O–H groups in total. The molecule has 108 valence electrons. The van der Waals surface area contributed by atoms with Crippen molar-refractivity contribution in [3.8, 4) is 11.5 Å². The molecule has 10 heteroatoms. The molecule has 9 nitrogen and oxygen atoms in total. The van der Waals surface area contributed by atoms with Crippen LogP contribution in [-0.4, -0.2) is 29.2 Å². The molecule has 0 fully saturated rings. The number of fused-ring (bicyclic) bond motifs is 1. The standard InChI is InChI=1S/C11H8BrN5O4/c12-6-1-5(2-7-9(6)20-4-19-7)3-14-15-11(18)8-10(13)17-21-16-8/h1-3H,4H2,(H2,13,17)(H,15,18)/b14-3-. The van der Waals surface area contributed by atoms with Crippen molar-refractivity contribution in [2.45, 2.75) is 0 Å². The number of nitrogens with two attached hydrogens (primary N) is 1. The number of halogens is 1. The van der Waals surface area contributed by atoms with Crippen molar-refractivity contribution in [3.05, 3.63) is 27.9 Å². The van der Waals surface area contributed by atoms with Crippen LogP contribution >= 0.6 is 15.9 Å². The van der Waals surface area contributed by atoms with E-state index < -0.39 is 5.91 Å². The first-order valence-corrected chi connectivity index (χ1v) is 6.45. The Morgan fingerprint density at radius 3 is 3.05 bits per heavy atom. The third-order valence-corrected chi connectivity index (χ3v) is 3.15. The lowest BCUT2D eigenvalue weighted by atomic mass is 10.2. The van der Waals surface area contributed by atoms with Gasteiger partial charge in [0.15, 0.2) is 11.5 Å². The molecule has 1 aromatic carbocycles. The number of hydrogen-bond donors (Lipinski definition) is 2. The molecule has 2 heterocycles. The van der Waals surface area contributed by atoms with Gasteiger partial charge in [-0.25, -0.2) is 10.1 Å². The number of hydrogen-bond acceptors (Lipinski definition) is 8. The molecule has 21 heavy (non-hydrogen) atoms. The van der Waals surface area contributed by atoms with Crippen molar-refractivity contribution >= 4 is 33.9 Å². The molecule has 0 bridgehead atoms. The minimum atomic E-state index is -0.621. The minimum absolute atomic E-state index is 0.103. The molecule has 1 aliphatic heterocycles. The highest BCUT2D eigenvalue weighted by Gasteiger charge is 2.18.